The molecule has 1 amide bonds. The molecule has 0 aromatic heterocycles. The number of amidine groups is 1. The highest BCUT2D eigenvalue weighted by Gasteiger charge is 2.17. The van der Waals surface area contributed by atoms with E-state index in [0.717, 1.165) is 0 Å². The summed E-state index contributed by atoms with van der Waals surface area (Å²) in [4.78, 5) is 11.0. The van der Waals surface area contributed by atoms with Crippen LogP contribution in [0, 0.1) is 0 Å². The molecule has 0 spiro atoms. The molecular weight excluding hydrogens is 337 g/mol. The normalized spacial score (nSPS) is 16.6. The first-order chi connectivity index (χ1) is 10.1. The van der Waals surface area contributed by atoms with Crippen LogP contribution in [0.25, 0.3) is 0 Å². The molecule has 1 fully saturated rings. The lowest BCUT2D eigenvalue weighted by Gasteiger charge is -2.12. The molecule has 1 heterocycles. The highest BCUT2D eigenvalue weighted by atomic mass is 35.5. The van der Waals surface area contributed by atoms with Gasteiger partial charge in [-0.3, -0.25) is 4.79 Å². The van der Waals surface area contributed by atoms with Crippen LogP contribution in [0.1, 0.15) is 5.56 Å². The molecule has 1 aromatic carbocycles. The zero-order valence-electron chi connectivity index (χ0n) is 11.1. The molecule has 0 saturated carbocycles. The maximum atomic E-state index is 11.0. The van der Waals surface area contributed by atoms with E-state index in [1.807, 2.05) is 0 Å². The molecule has 1 aliphatic heterocycles. The summed E-state index contributed by atoms with van der Waals surface area (Å²) in [5.74, 6) is 1.03. The van der Waals surface area contributed by atoms with Crippen molar-refractivity contribution in [2.45, 2.75) is 0 Å². The van der Waals surface area contributed by atoms with Crippen LogP contribution < -0.4 is 14.8 Å². The molecule has 1 aromatic rings. The third-order valence-corrected chi connectivity index (χ3v) is 4.07. The maximum Gasteiger partial charge on any atom is 0.236 e. The monoisotopic (exact) mass is 347 g/mol. The van der Waals surface area contributed by atoms with Crippen molar-refractivity contribution in [1.29, 1.82) is 0 Å². The Hall–Kier alpha value is -1.44. The van der Waals surface area contributed by atoms with Gasteiger partial charge in [0.05, 0.1) is 36.2 Å². The molecule has 1 saturated heterocycles. The third kappa shape index (κ3) is 3.61. The average molecular weight is 348 g/mol. The maximum absolute atomic E-state index is 11.0. The number of amides is 1. The predicted octanol–water partition coefficient (Wildman–Crippen LogP) is 2.56. The number of carbonyl (C=O) groups is 1. The molecule has 2 rings (SSSR count). The molecule has 6 nitrogen and oxygen atoms in total. The van der Waals surface area contributed by atoms with E-state index >= 15 is 0 Å². The summed E-state index contributed by atoms with van der Waals surface area (Å²) < 4.78 is 10.3. The Bertz CT molecular complexity index is 635. The number of ether oxygens (including phenoxy) is 2. The van der Waals surface area contributed by atoms with Crippen molar-refractivity contribution >= 4 is 52.3 Å². The minimum Gasteiger partial charge on any atom is -0.493 e. The topological polar surface area (TPSA) is 72.3 Å². The summed E-state index contributed by atoms with van der Waals surface area (Å²) in [6.45, 7) is 0. The Balaban J connectivity index is 2.29. The van der Waals surface area contributed by atoms with E-state index in [1.54, 1.807) is 6.07 Å². The van der Waals surface area contributed by atoms with Gasteiger partial charge in [-0.15, -0.1) is 5.10 Å². The van der Waals surface area contributed by atoms with Gasteiger partial charge in [0, 0.05) is 11.6 Å². The van der Waals surface area contributed by atoms with E-state index in [0.29, 0.717) is 33.0 Å². The van der Waals surface area contributed by atoms with E-state index in [4.69, 9.17) is 32.7 Å². The van der Waals surface area contributed by atoms with Crippen LogP contribution in [-0.4, -0.2) is 37.3 Å². The van der Waals surface area contributed by atoms with Crippen molar-refractivity contribution in [3.8, 4) is 11.5 Å². The van der Waals surface area contributed by atoms with Crippen LogP contribution in [0.15, 0.2) is 16.3 Å². The zero-order chi connectivity index (χ0) is 15.4. The molecule has 1 N–H and O–H groups in total. The quantitative estimate of drug-likeness (QED) is 0.671. The molecule has 0 aliphatic carbocycles. The number of nitrogens with one attached hydrogen (secondary N) is 1. The van der Waals surface area contributed by atoms with E-state index < -0.39 is 0 Å². The van der Waals surface area contributed by atoms with Gasteiger partial charge in [-0.1, -0.05) is 35.0 Å². The van der Waals surface area contributed by atoms with Gasteiger partial charge >= 0.3 is 0 Å². The predicted molar refractivity (Wildman–Crippen MR) is 85.2 cm³/mol. The fraction of sp³-hybridized carbons (Fsp3) is 0.250. The number of carbonyl (C=O) groups excluding carboxylic acids is 1. The standard InChI is InChI=1S/C12H11Cl2N3O3S/c1-19-8-3-7(13)6(10(14)11(8)20-2)4-15-17-12-16-9(18)5-21-12/h3-4H,5H2,1-2H3,(H,16,17,18). The minimum atomic E-state index is -0.101. The Kier molecular flexibility index (Phi) is 5.33. The SMILES string of the molecule is COc1cc(Cl)c(C=NN=C2NC(=O)CS2)c(Cl)c1OC. The molecule has 1 aliphatic rings. The number of methoxy groups -OCH3 is 2. The lowest BCUT2D eigenvalue weighted by molar-refractivity contribution is -0.116. The number of hydrogen-bond donors (Lipinski definition) is 1. The van der Waals surface area contributed by atoms with Crippen molar-refractivity contribution in [3.05, 3.63) is 21.7 Å². The number of benzene rings is 1. The van der Waals surface area contributed by atoms with Crippen molar-refractivity contribution in [2.24, 2.45) is 10.2 Å². The van der Waals surface area contributed by atoms with Crippen LogP contribution >= 0.6 is 35.0 Å². The van der Waals surface area contributed by atoms with Crippen LogP contribution in [0.2, 0.25) is 10.0 Å². The van der Waals surface area contributed by atoms with Crippen LogP contribution in [0.3, 0.4) is 0 Å². The first kappa shape index (κ1) is 15.9. The van der Waals surface area contributed by atoms with Crippen molar-refractivity contribution < 1.29 is 14.3 Å². The fourth-order valence-electron chi connectivity index (χ4n) is 1.57. The summed E-state index contributed by atoms with van der Waals surface area (Å²) in [6.07, 6.45) is 1.39. The minimum absolute atomic E-state index is 0.101. The summed E-state index contributed by atoms with van der Waals surface area (Å²) in [7, 11) is 2.97. The van der Waals surface area contributed by atoms with E-state index in [9.17, 15) is 4.79 Å². The molecule has 112 valence electrons. The molecule has 9 heteroatoms. The fourth-order valence-corrected chi connectivity index (χ4v) is 2.81. The first-order valence-corrected chi connectivity index (χ1v) is 7.44. The summed E-state index contributed by atoms with van der Waals surface area (Å²) in [6, 6.07) is 1.58. The van der Waals surface area contributed by atoms with Crippen molar-refractivity contribution in [2.75, 3.05) is 20.0 Å². The molecule has 21 heavy (non-hydrogen) atoms. The molecule has 0 radical (unpaired) electrons. The van der Waals surface area contributed by atoms with Gasteiger partial charge in [0.25, 0.3) is 0 Å². The van der Waals surface area contributed by atoms with Gasteiger partial charge in [0.1, 0.15) is 0 Å². The summed E-state index contributed by atoms with van der Waals surface area (Å²) in [5, 5.41) is 11.4. The smallest absolute Gasteiger partial charge is 0.236 e. The molecule has 0 atom stereocenters. The van der Waals surface area contributed by atoms with E-state index in [-0.39, 0.29) is 10.9 Å². The van der Waals surface area contributed by atoms with Crippen molar-refractivity contribution in [1.82, 2.24) is 5.32 Å². The molecule has 0 unspecified atom stereocenters. The van der Waals surface area contributed by atoms with Gasteiger partial charge in [-0.25, -0.2) is 0 Å². The second-order valence-corrected chi connectivity index (χ2v) is 5.56. The number of hydrogen-bond acceptors (Lipinski definition) is 6. The van der Waals surface area contributed by atoms with Crippen LogP contribution in [-0.2, 0) is 4.79 Å². The summed E-state index contributed by atoms with van der Waals surface area (Å²) in [5.41, 5.74) is 0.453. The summed E-state index contributed by atoms with van der Waals surface area (Å²) >= 11 is 13.6. The molecule has 0 bridgehead atoms. The Morgan fingerprint density at radius 1 is 1.38 bits per heavy atom. The first-order valence-electron chi connectivity index (χ1n) is 5.70. The Morgan fingerprint density at radius 3 is 2.71 bits per heavy atom. The van der Waals surface area contributed by atoms with Gasteiger partial charge in [-0.05, 0) is 0 Å². The Morgan fingerprint density at radius 2 is 2.14 bits per heavy atom. The second-order valence-electron chi connectivity index (χ2n) is 3.81. The lowest BCUT2D eigenvalue weighted by Crippen LogP contribution is -2.19. The second kappa shape index (κ2) is 7.02. The average Bonchev–Trinajstić information content (AvgIpc) is 2.87. The van der Waals surface area contributed by atoms with E-state index in [1.165, 1.54) is 32.2 Å². The van der Waals surface area contributed by atoms with Crippen LogP contribution in [0.5, 0.6) is 11.5 Å². The van der Waals surface area contributed by atoms with Gasteiger partial charge < -0.3 is 14.8 Å². The number of rotatable bonds is 4. The number of thioether (sulfide) groups is 1. The Labute approximate surface area is 135 Å². The van der Waals surface area contributed by atoms with Gasteiger partial charge in [0.2, 0.25) is 5.91 Å². The van der Waals surface area contributed by atoms with Crippen LogP contribution in [0.4, 0.5) is 0 Å². The van der Waals surface area contributed by atoms with Crippen molar-refractivity contribution in [3.63, 3.8) is 0 Å². The van der Waals surface area contributed by atoms with Gasteiger partial charge in [0.15, 0.2) is 16.7 Å². The largest absolute Gasteiger partial charge is 0.493 e. The van der Waals surface area contributed by atoms with E-state index in [2.05, 4.69) is 15.5 Å². The van der Waals surface area contributed by atoms with Gasteiger partial charge in [-0.2, -0.15) is 5.10 Å². The number of halogens is 2. The molecular formula is C12H11Cl2N3O3S. The number of nitrogens with zero attached hydrogens (tertiary/aromatic N) is 2. The highest BCUT2D eigenvalue weighted by Crippen LogP contribution is 2.40. The highest BCUT2D eigenvalue weighted by molar-refractivity contribution is 8.15. The zero-order valence-corrected chi connectivity index (χ0v) is 13.5. The lowest BCUT2D eigenvalue weighted by atomic mass is 10.2. The third-order valence-electron chi connectivity index (χ3n) is 2.52.